The Labute approximate surface area is 149 Å². The topological polar surface area (TPSA) is 119 Å². The Hall–Kier alpha value is -3.01. The fourth-order valence-corrected chi connectivity index (χ4v) is 2.96. The monoisotopic (exact) mass is 359 g/mol. The number of nitrogen functional groups attached to an aromatic ring is 1. The molecule has 0 spiro atoms. The van der Waals surface area contributed by atoms with Crippen LogP contribution in [0.2, 0.25) is 0 Å². The lowest BCUT2D eigenvalue weighted by atomic mass is 10.1. The normalized spacial score (nSPS) is 15.2. The lowest BCUT2D eigenvalue weighted by molar-refractivity contribution is 0.0924. The quantitative estimate of drug-likeness (QED) is 0.653. The standard InChI is InChI=1S/C16H21N7O3/c1-20-13(17)12(14(25)21(2)16(20)26)11(24)10-22-6-8-23(9-7-22)15-18-4-3-5-19-15/h3-5H,6-10,17H2,1-2H3. The van der Waals surface area contributed by atoms with Gasteiger partial charge in [0.15, 0.2) is 5.78 Å². The van der Waals surface area contributed by atoms with Crippen molar-refractivity contribution >= 4 is 17.5 Å². The summed E-state index contributed by atoms with van der Waals surface area (Å²) in [5, 5.41) is 0. The van der Waals surface area contributed by atoms with Gasteiger partial charge in [-0.3, -0.25) is 23.6 Å². The van der Waals surface area contributed by atoms with Crippen LogP contribution in [0.25, 0.3) is 0 Å². The second-order valence-corrected chi connectivity index (χ2v) is 6.20. The van der Waals surface area contributed by atoms with E-state index in [2.05, 4.69) is 9.97 Å². The highest BCUT2D eigenvalue weighted by Gasteiger charge is 2.25. The summed E-state index contributed by atoms with van der Waals surface area (Å²) in [4.78, 5) is 49.2. The minimum atomic E-state index is -0.660. The maximum Gasteiger partial charge on any atom is 0.332 e. The summed E-state index contributed by atoms with van der Waals surface area (Å²) in [6.45, 7) is 2.70. The number of Topliss-reactive ketones (excluding diaryl/α,β-unsaturated/α-hetero) is 1. The summed E-state index contributed by atoms with van der Waals surface area (Å²) < 4.78 is 2.01. The Morgan fingerprint density at radius 3 is 2.31 bits per heavy atom. The van der Waals surface area contributed by atoms with Gasteiger partial charge in [-0.25, -0.2) is 14.8 Å². The predicted octanol–water partition coefficient (Wildman–Crippen LogP) is -1.54. The largest absolute Gasteiger partial charge is 0.384 e. The summed E-state index contributed by atoms with van der Waals surface area (Å²) in [6.07, 6.45) is 3.38. The van der Waals surface area contributed by atoms with Gasteiger partial charge in [0, 0.05) is 52.7 Å². The number of anilines is 2. The lowest BCUT2D eigenvalue weighted by Crippen LogP contribution is -2.49. The van der Waals surface area contributed by atoms with Gasteiger partial charge in [-0.15, -0.1) is 0 Å². The van der Waals surface area contributed by atoms with Gasteiger partial charge < -0.3 is 10.6 Å². The van der Waals surface area contributed by atoms with Crippen LogP contribution in [0.4, 0.5) is 11.8 Å². The third kappa shape index (κ3) is 3.23. The number of hydrogen-bond acceptors (Lipinski definition) is 8. The molecule has 0 bridgehead atoms. The fourth-order valence-electron chi connectivity index (χ4n) is 2.96. The van der Waals surface area contributed by atoms with E-state index < -0.39 is 11.2 Å². The minimum Gasteiger partial charge on any atom is -0.384 e. The average Bonchev–Trinajstić information content (AvgIpc) is 2.66. The molecule has 0 radical (unpaired) electrons. The van der Waals surface area contributed by atoms with E-state index in [4.69, 9.17) is 5.73 Å². The van der Waals surface area contributed by atoms with Gasteiger partial charge in [0.05, 0.1) is 6.54 Å². The molecule has 3 heterocycles. The molecule has 2 aromatic rings. The van der Waals surface area contributed by atoms with Crippen LogP contribution in [0, 0.1) is 0 Å². The zero-order valence-electron chi connectivity index (χ0n) is 14.8. The van der Waals surface area contributed by atoms with Crippen molar-refractivity contribution in [1.29, 1.82) is 0 Å². The zero-order valence-corrected chi connectivity index (χ0v) is 14.8. The van der Waals surface area contributed by atoms with Crippen molar-refractivity contribution in [2.24, 2.45) is 14.1 Å². The first kappa shape index (κ1) is 17.8. The summed E-state index contributed by atoms with van der Waals surface area (Å²) in [5.74, 6) is 0.178. The Balaban J connectivity index is 1.71. The van der Waals surface area contributed by atoms with Gasteiger partial charge >= 0.3 is 5.69 Å². The molecule has 138 valence electrons. The molecule has 0 amide bonds. The minimum absolute atomic E-state index is 0.0706. The number of nitrogens with two attached hydrogens (primary N) is 1. The van der Waals surface area contributed by atoms with Crippen molar-refractivity contribution < 1.29 is 4.79 Å². The number of nitrogens with zero attached hydrogens (tertiary/aromatic N) is 6. The molecule has 0 aliphatic carbocycles. The zero-order chi connectivity index (χ0) is 18.8. The van der Waals surface area contributed by atoms with Crippen molar-refractivity contribution in [3.63, 3.8) is 0 Å². The van der Waals surface area contributed by atoms with Gasteiger partial charge in [0.2, 0.25) is 5.95 Å². The first-order chi connectivity index (χ1) is 12.4. The molecule has 1 saturated heterocycles. The molecule has 10 heteroatoms. The number of carbonyl (C=O) groups is 1. The molecule has 2 aromatic heterocycles. The maximum absolute atomic E-state index is 12.6. The SMILES string of the molecule is Cn1c(N)c(C(=O)CN2CCN(c3ncccn3)CC2)c(=O)n(C)c1=O. The van der Waals surface area contributed by atoms with E-state index in [-0.39, 0.29) is 23.7 Å². The first-order valence-corrected chi connectivity index (χ1v) is 8.23. The van der Waals surface area contributed by atoms with Gasteiger partial charge in [-0.1, -0.05) is 0 Å². The Morgan fingerprint density at radius 1 is 1.08 bits per heavy atom. The van der Waals surface area contributed by atoms with Crippen LogP contribution in [-0.2, 0) is 14.1 Å². The summed E-state index contributed by atoms with van der Waals surface area (Å²) in [5.41, 5.74) is 4.49. The molecular formula is C16H21N7O3. The highest BCUT2D eigenvalue weighted by Crippen LogP contribution is 2.11. The number of hydrogen-bond donors (Lipinski definition) is 1. The molecule has 2 N–H and O–H groups in total. The third-order valence-electron chi connectivity index (χ3n) is 4.56. The lowest BCUT2D eigenvalue weighted by Gasteiger charge is -2.34. The van der Waals surface area contributed by atoms with Crippen LogP contribution in [-0.4, -0.2) is 62.5 Å². The number of rotatable bonds is 4. The second kappa shape index (κ2) is 7.08. The van der Waals surface area contributed by atoms with Crippen LogP contribution in [0.15, 0.2) is 28.0 Å². The Bertz CT molecular complexity index is 927. The van der Waals surface area contributed by atoms with E-state index in [1.54, 1.807) is 18.5 Å². The number of ketones is 1. The fraction of sp³-hybridized carbons (Fsp3) is 0.438. The molecule has 0 saturated carbocycles. The number of aromatic nitrogens is 4. The number of carbonyl (C=O) groups excluding carboxylic acids is 1. The van der Waals surface area contributed by atoms with Crippen molar-refractivity contribution in [2.75, 3.05) is 43.4 Å². The average molecular weight is 359 g/mol. The van der Waals surface area contributed by atoms with Crippen molar-refractivity contribution in [2.45, 2.75) is 0 Å². The van der Waals surface area contributed by atoms with Gasteiger partial charge in [0.1, 0.15) is 11.4 Å². The van der Waals surface area contributed by atoms with E-state index >= 15 is 0 Å². The highest BCUT2D eigenvalue weighted by atomic mass is 16.2. The van der Waals surface area contributed by atoms with Crippen LogP contribution in [0.3, 0.4) is 0 Å². The van der Waals surface area contributed by atoms with Crippen LogP contribution < -0.4 is 21.9 Å². The highest BCUT2D eigenvalue weighted by molar-refractivity contribution is 6.01. The Morgan fingerprint density at radius 2 is 1.69 bits per heavy atom. The molecule has 1 aliphatic rings. The molecule has 1 fully saturated rings. The summed E-state index contributed by atoms with van der Waals surface area (Å²) in [7, 11) is 2.77. The molecule has 1 aliphatic heterocycles. The van der Waals surface area contributed by atoms with Crippen LogP contribution in [0.5, 0.6) is 0 Å². The van der Waals surface area contributed by atoms with Gasteiger partial charge in [0.25, 0.3) is 5.56 Å². The van der Waals surface area contributed by atoms with Crippen molar-refractivity contribution in [3.8, 4) is 0 Å². The maximum atomic E-state index is 12.6. The van der Waals surface area contributed by atoms with E-state index in [0.29, 0.717) is 32.1 Å². The molecule has 10 nitrogen and oxygen atoms in total. The Kier molecular flexibility index (Phi) is 4.85. The van der Waals surface area contributed by atoms with Gasteiger partial charge in [-0.2, -0.15) is 0 Å². The molecule has 0 atom stereocenters. The van der Waals surface area contributed by atoms with Gasteiger partial charge in [-0.05, 0) is 6.07 Å². The summed E-state index contributed by atoms with van der Waals surface area (Å²) in [6, 6.07) is 1.76. The molecular weight excluding hydrogens is 338 g/mol. The third-order valence-corrected chi connectivity index (χ3v) is 4.56. The van der Waals surface area contributed by atoms with E-state index in [1.165, 1.54) is 14.1 Å². The van der Waals surface area contributed by atoms with E-state index in [1.807, 2.05) is 9.80 Å². The molecule has 26 heavy (non-hydrogen) atoms. The first-order valence-electron chi connectivity index (χ1n) is 8.23. The molecule has 0 aromatic carbocycles. The van der Waals surface area contributed by atoms with E-state index in [9.17, 15) is 14.4 Å². The van der Waals surface area contributed by atoms with E-state index in [0.717, 1.165) is 9.13 Å². The number of piperazine rings is 1. The van der Waals surface area contributed by atoms with Crippen molar-refractivity contribution in [3.05, 3.63) is 44.9 Å². The van der Waals surface area contributed by atoms with Crippen molar-refractivity contribution in [1.82, 2.24) is 24.0 Å². The van der Waals surface area contributed by atoms with Crippen LogP contribution in [0.1, 0.15) is 10.4 Å². The molecule has 0 unspecified atom stereocenters. The smallest absolute Gasteiger partial charge is 0.332 e. The predicted molar refractivity (Wildman–Crippen MR) is 96.4 cm³/mol. The summed E-state index contributed by atoms with van der Waals surface area (Å²) >= 11 is 0. The van der Waals surface area contributed by atoms with Crippen LogP contribution >= 0.6 is 0 Å². The molecule has 3 rings (SSSR count). The second-order valence-electron chi connectivity index (χ2n) is 6.20.